The van der Waals surface area contributed by atoms with Gasteiger partial charge in [-0.15, -0.1) is 0 Å². The molecule has 3 heterocycles. The molecule has 32 heavy (non-hydrogen) atoms. The summed E-state index contributed by atoms with van der Waals surface area (Å²) >= 11 is 0. The number of amides is 2. The van der Waals surface area contributed by atoms with Gasteiger partial charge in [0.25, 0.3) is 11.8 Å². The molecule has 2 fully saturated rings. The highest BCUT2D eigenvalue weighted by Gasteiger charge is 2.27. The number of anilines is 1. The molecule has 0 saturated carbocycles. The molecule has 0 atom stereocenters. The number of benzene rings is 1. The second-order valence-corrected chi connectivity index (χ2v) is 7.97. The van der Waals surface area contributed by atoms with E-state index in [1.807, 2.05) is 6.07 Å². The monoisotopic (exact) mass is 442 g/mol. The van der Waals surface area contributed by atoms with Crippen molar-refractivity contribution in [3.8, 4) is 5.75 Å². The largest absolute Gasteiger partial charge is 0.484 e. The van der Waals surface area contributed by atoms with Crippen LogP contribution in [0.3, 0.4) is 0 Å². The predicted molar refractivity (Wildman–Crippen MR) is 116 cm³/mol. The van der Waals surface area contributed by atoms with E-state index in [2.05, 4.69) is 4.98 Å². The number of hydrogen-bond donors (Lipinski definition) is 1. The van der Waals surface area contributed by atoms with E-state index < -0.39 is 0 Å². The van der Waals surface area contributed by atoms with E-state index in [1.165, 1.54) is 24.3 Å². The van der Waals surface area contributed by atoms with E-state index in [0.717, 1.165) is 18.5 Å². The Labute approximate surface area is 186 Å². The molecule has 8 nitrogen and oxygen atoms in total. The van der Waals surface area contributed by atoms with Gasteiger partial charge in [0, 0.05) is 37.8 Å². The van der Waals surface area contributed by atoms with Gasteiger partial charge in [0.05, 0.1) is 18.8 Å². The zero-order valence-corrected chi connectivity index (χ0v) is 17.8. The number of hydrogen-bond acceptors (Lipinski definition) is 6. The molecule has 1 aromatic heterocycles. The Kier molecular flexibility index (Phi) is 6.84. The molecule has 2 N–H and O–H groups in total. The fourth-order valence-corrected chi connectivity index (χ4v) is 4.03. The number of halogens is 1. The molecule has 0 radical (unpaired) electrons. The van der Waals surface area contributed by atoms with E-state index >= 15 is 0 Å². The van der Waals surface area contributed by atoms with Crippen molar-refractivity contribution in [3.05, 3.63) is 53.5 Å². The van der Waals surface area contributed by atoms with Crippen LogP contribution in [-0.2, 0) is 9.53 Å². The topological polar surface area (TPSA) is 98.0 Å². The van der Waals surface area contributed by atoms with Crippen LogP contribution in [0.25, 0.3) is 0 Å². The number of carbonyl (C=O) groups excluding carboxylic acids is 2. The summed E-state index contributed by atoms with van der Waals surface area (Å²) in [5, 5.41) is 0. The molecule has 2 aromatic rings. The number of carbonyl (C=O) groups is 2. The summed E-state index contributed by atoms with van der Waals surface area (Å²) in [5.74, 6) is 0.301. The standard InChI is InChI=1S/C23H27FN4O4/c24-17-1-3-18(4-2-17)32-15-21(29)27-9-7-16(8-10-27)20-6-5-19(22(25)26-20)23(30)28-11-13-31-14-12-28/h1-6,16H,7-15H2,(H2,25,26). The van der Waals surface area contributed by atoms with E-state index in [-0.39, 0.29) is 36.0 Å². The predicted octanol–water partition coefficient (Wildman–Crippen LogP) is 2.06. The Bertz CT molecular complexity index is 955. The normalized spacial score (nSPS) is 17.3. The molecular weight excluding hydrogens is 415 g/mol. The van der Waals surface area contributed by atoms with Gasteiger partial charge >= 0.3 is 0 Å². The summed E-state index contributed by atoms with van der Waals surface area (Å²) in [7, 11) is 0. The number of aromatic nitrogens is 1. The molecule has 170 valence electrons. The number of nitrogen functional groups attached to an aromatic ring is 1. The van der Waals surface area contributed by atoms with Crippen LogP contribution in [0.15, 0.2) is 36.4 Å². The summed E-state index contributed by atoms with van der Waals surface area (Å²) in [5.41, 5.74) is 7.38. The van der Waals surface area contributed by atoms with Crippen molar-refractivity contribution < 1.29 is 23.5 Å². The summed E-state index contributed by atoms with van der Waals surface area (Å²) in [4.78, 5) is 33.1. The zero-order valence-electron chi connectivity index (χ0n) is 17.8. The van der Waals surface area contributed by atoms with Crippen LogP contribution < -0.4 is 10.5 Å². The lowest BCUT2D eigenvalue weighted by atomic mass is 9.92. The van der Waals surface area contributed by atoms with Crippen LogP contribution in [0.2, 0.25) is 0 Å². The van der Waals surface area contributed by atoms with Gasteiger partial charge in [0.2, 0.25) is 0 Å². The lowest BCUT2D eigenvalue weighted by molar-refractivity contribution is -0.134. The van der Waals surface area contributed by atoms with Gasteiger partial charge in [-0.05, 0) is 49.2 Å². The average molecular weight is 442 g/mol. The van der Waals surface area contributed by atoms with Crippen molar-refractivity contribution in [2.45, 2.75) is 18.8 Å². The van der Waals surface area contributed by atoms with Gasteiger partial charge in [-0.2, -0.15) is 0 Å². The lowest BCUT2D eigenvalue weighted by Crippen LogP contribution is -2.41. The number of morpholine rings is 1. The number of nitrogens with zero attached hydrogens (tertiary/aromatic N) is 3. The first-order valence-electron chi connectivity index (χ1n) is 10.8. The van der Waals surface area contributed by atoms with E-state index in [4.69, 9.17) is 15.2 Å². The molecule has 0 spiro atoms. The third-order valence-electron chi connectivity index (χ3n) is 5.92. The van der Waals surface area contributed by atoms with E-state index in [0.29, 0.717) is 50.7 Å². The first kappa shape index (κ1) is 22.0. The smallest absolute Gasteiger partial charge is 0.260 e. The Morgan fingerprint density at radius 3 is 2.38 bits per heavy atom. The molecular formula is C23H27FN4O4. The Hall–Kier alpha value is -3.20. The highest BCUT2D eigenvalue weighted by molar-refractivity contribution is 5.98. The summed E-state index contributed by atoms with van der Waals surface area (Å²) in [6, 6.07) is 9.21. The van der Waals surface area contributed by atoms with Gasteiger partial charge in [-0.25, -0.2) is 9.37 Å². The Morgan fingerprint density at radius 2 is 1.72 bits per heavy atom. The zero-order chi connectivity index (χ0) is 22.5. The molecule has 2 saturated heterocycles. The van der Waals surface area contributed by atoms with Crippen molar-refractivity contribution in [2.75, 3.05) is 51.7 Å². The molecule has 0 aliphatic carbocycles. The minimum absolute atomic E-state index is 0.0835. The molecule has 2 amide bonds. The highest BCUT2D eigenvalue weighted by atomic mass is 19.1. The van der Waals surface area contributed by atoms with Crippen molar-refractivity contribution in [2.24, 2.45) is 0 Å². The molecule has 1 aromatic carbocycles. The van der Waals surface area contributed by atoms with Crippen molar-refractivity contribution in [3.63, 3.8) is 0 Å². The quantitative estimate of drug-likeness (QED) is 0.761. The number of piperidine rings is 1. The first-order valence-corrected chi connectivity index (χ1v) is 10.8. The minimum Gasteiger partial charge on any atom is -0.484 e. The first-order chi connectivity index (χ1) is 15.5. The second kappa shape index (κ2) is 9.95. The summed E-state index contributed by atoms with van der Waals surface area (Å²) in [6.07, 6.45) is 1.51. The van der Waals surface area contributed by atoms with Crippen LogP contribution in [0, 0.1) is 5.82 Å². The van der Waals surface area contributed by atoms with Gasteiger partial charge in [0.15, 0.2) is 6.61 Å². The second-order valence-electron chi connectivity index (χ2n) is 7.97. The number of pyridine rings is 1. The highest BCUT2D eigenvalue weighted by Crippen LogP contribution is 2.28. The van der Waals surface area contributed by atoms with Crippen molar-refractivity contribution in [1.29, 1.82) is 0 Å². The maximum atomic E-state index is 13.0. The number of likely N-dealkylation sites (tertiary alicyclic amines) is 1. The lowest BCUT2D eigenvalue weighted by Gasteiger charge is -2.32. The molecule has 0 bridgehead atoms. The fraction of sp³-hybridized carbons (Fsp3) is 0.435. The van der Waals surface area contributed by atoms with E-state index in [9.17, 15) is 14.0 Å². The molecule has 0 unspecified atom stereocenters. The minimum atomic E-state index is -0.349. The van der Waals surface area contributed by atoms with E-state index in [1.54, 1.807) is 15.9 Å². The molecule has 2 aliphatic heterocycles. The average Bonchev–Trinajstić information content (AvgIpc) is 2.83. The number of ether oxygens (including phenoxy) is 2. The summed E-state index contributed by atoms with van der Waals surface area (Å²) in [6.45, 7) is 3.26. The van der Waals surface area contributed by atoms with Crippen molar-refractivity contribution >= 4 is 17.6 Å². The van der Waals surface area contributed by atoms with Gasteiger partial charge in [-0.1, -0.05) is 0 Å². The molecule has 2 aliphatic rings. The SMILES string of the molecule is Nc1nc(C2CCN(C(=O)COc3ccc(F)cc3)CC2)ccc1C(=O)N1CCOCC1. The van der Waals surface area contributed by atoms with Crippen LogP contribution in [0.5, 0.6) is 5.75 Å². The Morgan fingerprint density at radius 1 is 1.03 bits per heavy atom. The number of nitrogens with two attached hydrogens (primary N) is 1. The third kappa shape index (κ3) is 5.16. The maximum absolute atomic E-state index is 13.0. The van der Waals surface area contributed by atoms with Gasteiger partial charge in [-0.3, -0.25) is 9.59 Å². The number of rotatable bonds is 5. The van der Waals surface area contributed by atoms with Crippen LogP contribution in [-0.4, -0.2) is 72.6 Å². The van der Waals surface area contributed by atoms with Crippen LogP contribution in [0.1, 0.15) is 34.8 Å². The van der Waals surface area contributed by atoms with Crippen LogP contribution in [0.4, 0.5) is 10.2 Å². The summed E-state index contributed by atoms with van der Waals surface area (Å²) < 4.78 is 23.7. The van der Waals surface area contributed by atoms with Crippen molar-refractivity contribution in [1.82, 2.24) is 14.8 Å². The third-order valence-corrected chi connectivity index (χ3v) is 5.92. The Balaban J connectivity index is 1.29. The molecule has 9 heteroatoms. The molecule has 4 rings (SSSR count). The van der Waals surface area contributed by atoms with Gasteiger partial charge in [0.1, 0.15) is 17.4 Å². The fourth-order valence-electron chi connectivity index (χ4n) is 4.03. The van der Waals surface area contributed by atoms with Crippen LogP contribution >= 0.6 is 0 Å². The maximum Gasteiger partial charge on any atom is 0.260 e. The van der Waals surface area contributed by atoms with Gasteiger partial charge < -0.3 is 25.0 Å².